The summed E-state index contributed by atoms with van der Waals surface area (Å²) in [4.78, 5) is 10.5. The third-order valence-corrected chi connectivity index (χ3v) is 2.22. The minimum Gasteiger partial charge on any atom is -0.0936 e. The van der Waals surface area contributed by atoms with E-state index < -0.39 is 12.1 Å². The molecule has 2 unspecified atom stereocenters. The number of nitrogens with zero attached hydrogens (tertiary/aromatic N) is 12. The van der Waals surface area contributed by atoms with Crippen LogP contribution in [0.4, 0.5) is 0 Å². The van der Waals surface area contributed by atoms with Crippen LogP contribution in [0.5, 0.6) is 0 Å². The Morgan fingerprint density at radius 2 is 1.11 bits per heavy atom. The molecule has 0 spiro atoms. The maximum atomic E-state index is 8.35. The van der Waals surface area contributed by atoms with Crippen LogP contribution in [0.2, 0.25) is 0 Å². The normalized spacial score (nSPS) is 11.8. The fourth-order valence-electron chi connectivity index (χ4n) is 1.37. The third-order valence-electron chi connectivity index (χ3n) is 2.22. The first-order chi connectivity index (χ1) is 9.28. The minimum absolute atomic E-state index is 0.0864. The lowest BCUT2D eigenvalue weighted by atomic mass is 10.1. The lowest BCUT2D eigenvalue weighted by Crippen LogP contribution is -2.11. The first kappa shape index (κ1) is 16.2. The van der Waals surface area contributed by atoms with Crippen LogP contribution in [-0.2, 0) is 0 Å². The lowest BCUT2D eigenvalue weighted by molar-refractivity contribution is 0.521. The molecule has 0 amide bonds. The van der Waals surface area contributed by atoms with E-state index in [1.807, 2.05) is 0 Å². The zero-order valence-corrected chi connectivity index (χ0v) is 10.1. The second-order valence-electron chi connectivity index (χ2n) is 3.48. The fourth-order valence-corrected chi connectivity index (χ4v) is 1.37. The Labute approximate surface area is 107 Å². The molecule has 12 heteroatoms. The zero-order valence-electron chi connectivity index (χ0n) is 10.1. The van der Waals surface area contributed by atoms with E-state index in [1.54, 1.807) is 0 Å². The van der Waals surface area contributed by atoms with Gasteiger partial charge in [0.15, 0.2) is 0 Å². The van der Waals surface area contributed by atoms with Crippen LogP contribution < -0.4 is 0 Å². The van der Waals surface area contributed by atoms with E-state index in [1.165, 1.54) is 0 Å². The van der Waals surface area contributed by atoms with Gasteiger partial charge in [-0.2, -0.15) is 0 Å². The van der Waals surface area contributed by atoms with Crippen LogP contribution in [-0.4, -0.2) is 25.2 Å². The number of rotatable bonds is 10. The van der Waals surface area contributed by atoms with E-state index in [-0.39, 0.29) is 13.1 Å². The SMILES string of the molecule is [N-]=[N+]=NCC(CCCC(CN=[N+]=[N-])N=[N+]=[N-])N=[N+]=[N-]. The van der Waals surface area contributed by atoms with Crippen LogP contribution in [0.25, 0.3) is 41.8 Å². The monoisotopic (exact) mass is 264 g/mol. The molecule has 0 saturated carbocycles. The van der Waals surface area contributed by atoms with Gasteiger partial charge in [0.05, 0.1) is 0 Å². The van der Waals surface area contributed by atoms with Gasteiger partial charge in [0.1, 0.15) is 0 Å². The third kappa shape index (κ3) is 8.99. The molecule has 19 heavy (non-hydrogen) atoms. The maximum Gasteiger partial charge on any atom is 0.0429 e. The van der Waals surface area contributed by atoms with Crippen molar-refractivity contribution in [2.75, 3.05) is 13.1 Å². The van der Waals surface area contributed by atoms with E-state index in [0.717, 1.165) is 0 Å². The van der Waals surface area contributed by atoms with Crippen LogP contribution in [0.1, 0.15) is 19.3 Å². The molecule has 100 valence electrons. The summed E-state index contributed by atoms with van der Waals surface area (Å²) in [6, 6.07) is -0.848. The standard InChI is InChI=1S/C7H12N12/c8-16-12-4-6(14-18-10)2-1-3-7(15-19-11)5-13-17-9/h6-7H,1-5H2. The van der Waals surface area contributed by atoms with Crippen LogP contribution in [0.15, 0.2) is 20.5 Å². The van der Waals surface area contributed by atoms with Crippen molar-refractivity contribution in [2.45, 2.75) is 31.3 Å². The van der Waals surface area contributed by atoms with Crippen LogP contribution in [0, 0.1) is 0 Å². The summed E-state index contributed by atoms with van der Waals surface area (Å²) >= 11 is 0. The first-order valence-corrected chi connectivity index (χ1v) is 5.38. The van der Waals surface area contributed by atoms with Gasteiger partial charge in [-0.25, -0.2) is 0 Å². The molecule has 0 aromatic rings. The molecule has 12 nitrogen and oxygen atoms in total. The predicted octanol–water partition coefficient (Wildman–Crippen LogP) is 4.14. The Bertz CT molecular complexity index is 403. The van der Waals surface area contributed by atoms with Gasteiger partial charge < -0.3 is 0 Å². The van der Waals surface area contributed by atoms with E-state index in [0.29, 0.717) is 19.3 Å². The summed E-state index contributed by atoms with van der Waals surface area (Å²) in [7, 11) is 0. The highest BCUT2D eigenvalue weighted by molar-refractivity contribution is 4.75. The molecule has 0 radical (unpaired) electrons. The van der Waals surface area contributed by atoms with Gasteiger partial charge in [-0.3, -0.25) is 0 Å². The number of hydrogen-bond donors (Lipinski definition) is 0. The second-order valence-corrected chi connectivity index (χ2v) is 3.48. The molecule has 0 aliphatic rings. The molecule has 0 fully saturated rings. The highest BCUT2D eigenvalue weighted by atomic mass is 15.2. The molecule has 0 saturated heterocycles. The molecule has 0 aliphatic heterocycles. The topological polar surface area (TPSA) is 195 Å². The molecule has 2 atom stereocenters. The molecule has 0 bridgehead atoms. The molecular formula is C7H12N12. The smallest absolute Gasteiger partial charge is 0.0429 e. The van der Waals surface area contributed by atoms with Crippen LogP contribution >= 0.6 is 0 Å². The van der Waals surface area contributed by atoms with E-state index in [2.05, 4.69) is 40.1 Å². The van der Waals surface area contributed by atoms with Gasteiger partial charge in [-0.05, 0) is 35.0 Å². The summed E-state index contributed by atoms with van der Waals surface area (Å²) in [5, 5.41) is 13.7. The van der Waals surface area contributed by atoms with Crippen molar-refractivity contribution in [2.24, 2.45) is 20.5 Å². The Morgan fingerprint density at radius 1 is 0.684 bits per heavy atom. The van der Waals surface area contributed by atoms with E-state index in [9.17, 15) is 0 Å². The van der Waals surface area contributed by atoms with Crippen molar-refractivity contribution in [3.05, 3.63) is 41.8 Å². The Kier molecular flexibility index (Phi) is 10.0. The second kappa shape index (κ2) is 11.7. The summed E-state index contributed by atoms with van der Waals surface area (Å²) in [5.74, 6) is 0. The lowest BCUT2D eigenvalue weighted by Gasteiger charge is -2.10. The molecule has 0 heterocycles. The molecular weight excluding hydrogens is 252 g/mol. The van der Waals surface area contributed by atoms with Crippen molar-refractivity contribution in [1.82, 2.24) is 0 Å². The van der Waals surface area contributed by atoms with Gasteiger partial charge in [0.25, 0.3) is 0 Å². The average Bonchev–Trinajstić information content (AvgIpc) is 2.42. The quantitative estimate of drug-likeness (QED) is 0.310. The summed E-state index contributed by atoms with van der Waals surface area (Å²) in [6.45, 7) is 0.173. The first-order valence-electron chi connectivity index (χ1n) is 5.38. The van der Waals surface area contributed by atoms with Crippen molar-refractivity contribution in [3.63, 3.8) is 0 Å². The maximum absolute atomic E-state index is 8.35. The molecule has 0 aliphatic carbocycles. The zero-order chi connectivity index (χ0) is 14.3. The van der Waals surface area contributed by atoms with Gasteiger partial charge in [-0.15, -0.1) is 0 Å². The van der Waals surface area contributed by atoms with Gasteiger partial charge in [-0.1, -0.05) is 26.9 Å². The highest BCUT2D eigenvalue weighted by Gasteiger charge is 2.09. The largest absolute Gasteiger partial charge is 0.0936 e. The molecule has 0 N–H and O–H groups in total. The van der Waals surface area contributed by atoms with Crippen molar-refractivity contribution in [3.8, 4) is 0 Å². The van der Waals surface area contributed by atoms with E-state index >= 15 is 0 Å². The fraction of sp³-hybridized carbons (Fsp3) is 1.00. The van der Waals surface area contributed by atoms with Crippen molar-refractivity contribution in [1.29, 1.82) is 0 Å². The summed E-state index contributed by atoms with van der Waals surface area (Å²) in [6.07, 6.45) is 1.59. The Morgan fingerprint density at radius 3 is 1.42 bits per heavy atom. The average molecular weight is 264 g/mol. The van der Waals surface area contributed by atoms with Gasteiger partial charge >= 0.3 is 0 Å². The summed E-state index contributed by atoms with van der Waals surface area (Å²) < 4.78 is 0. The molecule has 0 aromatic heterocycles. The number of hydrogen-bond acceptors (Lipinski definition) is 4. The van der Waals surface area contributed by atoms with Crippen molar-refractivity contribution >= 4 is 0 Å². The Hall–Kier alpha value is -2.76. The van der Waals surface area contributed by atoms with E-state index in [4.69, 9.17) is 22.1 Å². The highest BCUT2D eigenvalue weighted by Crippen LogP contribution is 2.11. The van der Waals surface area contributed by atoms with Gasteiger partial charge in [0.2, 0.25) is 0 Å². The summed E-state index contributed by atoms with van der Waals surface area (Å²) in [5.41, 5.74) is 33.1. The number of azide groups is 4. The van der Waals surface area contributed by atoms with Crippen LogP contribution in [0.3, 0.4) is 0 Å². The van der Waals surface area contributed by atoms with Gasteiger partial charge in [0, 0.05) is 44.8 Å². The Balaban J connectivity index is 4.25. The van der Waals surface area contributed by atoms with Crippen molar-refractivity contribution < 1.29 is 0 Å². The predicted molar refractivity (Wildman–Crippen MR) is 67.7 cm³/mol. The molecule has 0 aromatic carbocycles. The molecule has 0 rings (SSSR count). The minimum atomic E-state index is -0.424.